The van der Waals surface area contributed by atoms with Gasteiger partial charge in [-0.1, -0.05) is 59.3 Å². The van der Waals surface area contributed by atoms with Crippen molar-refractivity contribution in [3.63, 3.8) is 0 Å². The highest BCUT2D eigenvalue weighted by molar-refractivity contribution is 5.96. The maximum Gasteiger partial charge on any atom is 0.416 e. The van der Waals surface area contributed by atoms with Crippen molar-refractivity contribution < 1.29 is 23.9 Å². The van der Waals surface area contributed by atoms with E-state index in [0.717, 1.165) is 19.3 Å². The highest BCUT2D eigenvalue weighted by Gasteiger charge is 2.42. The largest absolute Gasteiger partial charge is 0.460 e. The number of imide groups is 1. The zero-order chi connectivity index (χ0) is 21.3. The van der Waals surface area contributed by atoms with Crippen LogP contribution in [0.2, 0.25) is 0 Å². The topological polar surface area (TPSA) is 72.9 Å². The number of ether oxygens (including phenoxy) is 2. The number of carbonyl (C=O) groups excluding carboxylic acids is 3. The third-order valence-corrected chi connectivity index (χ3v) is 5.00. The molecule has 1 aliphatic rings. The molecule has 1 saturated heterocycles. The van der Waals surface area contributed by atoms with Crippen LogP contribution in [0, 0.1) is 11.8 Å². The Morgan fingerprint density at radius 3 is 2.32 bits per heavy atom. The Morgan fingerprint density at radius 2 is 1.75 bits per heavy atom. The molecule has 1 fully saturated rings. The first-order chi connectivity index (χ1) is 13.1. The van der Waals surface area contributed by atoms with Gasteiger partial charge in [0.1, 0.15) is 12.2 Å². The van der Waals surface area contributed by atoms with Gasteiger partial charge in [0.05, 0.1) is 12.5 Å². The van der Waals surface area contributed by atoms with Crippen molar-refractivity contribution in [3.8, 4) is 0 Å². The number of nitrogens with zero attached hydrogens (tertiary/aromatic N) is 1. The minimum atomic E-state index is -0.599. The standard InChI is InChI=1S/C22H39NO5/c1-7-8-9-10-11-12-13-17(14-19(24)28-22(4,5)6)20(25)23-18(16(2)3)15-27-21(23)26/h16-18H,7-15H2,1-6H3/t17-,18-/m1/s1. The molecule has 0 aromatic carbocycles. The van der Waals surface area contributed by atoms with Crippen molar-refractivity contribution in [2.45, 2.75) is 105 Å². The first-order valence-corrected chi connectivity index (χ1v) is 10.8. The molecule has 6 heteroatoms. The van der Waals surface area contributed by atoms with Crippen LogP contribution < -0.4 is 0 Å². The van der Waals surface area contributed by atoms with Crippen LogP contribution in [-0.4, -0.2) is 41.1 Å². The lowest BCUT2D eigenvalue weighted by Crippen LogP contribution is -2.45. The first kappa shape index (κ1) is 24.4. The molecule has 1 rings (SSSR count). The van der Waals surface area contributed by atoms with E-state index in [-0.39, 0.29) is 30.9 Å². The summed E-state index contributed by atoms with van der Waals surface area (Å²) in [5, 5.41) is 0. The lowest BCUT2D eigenvalue weighted by atomic mass is 9.94. The maximum absolute atomic E-state index is 13.2. The quantitative estimate of drug-likeness (QED) is 0.359. The van der Waals surface area contributed by atoms with Crippen LogP contribution in [0.1, 0.15) is 92.9 Å². The van der Waals surface area contributed by atoms with Crippen molar-refractivity contribution in [2.75, 3.05) is 6.61 Å². The molecule has 0 bridgehead atoms. The van der Waals surface area contributed by atoms with Crippen LogP contribution in [0.5, 0.6) is 0 Å². The fourth-order valence-electron chi connectivity index (χ4n) is 3.45. The number of cyclic esters (lactones) is 1. The monoisotopic (exact) mass is 397 g/mol. The summed E-state index contributed by atoms with van der Waals surface area (Å²) in [6.07, 6.45) is 6.59. The fraction of sp³-hybridized carbons (Fsp3) is 0.864. The predicted octanol–water partition coefficient (Wildman–Crippen LogP) is 5.09. The van der Waals surface area contributed by atoms with Gasteiger partial charge in [0.2, 0.25) is 5.91 Å². The summed E-state index contributed by atoms with van der Waals surface area (Å²) in [7, 11) is 0. The van der Waals surface area contributed by atoms with E-state index < -0.39 is 23.6 Å². The second-order valence-electron chi connectivity index (χ2n) is 9.14. The van der Waals surface area contributed by atoms with Crippen LogP contribution in [0.15, 0.2) is 0 Å². The maximum atomic E-state index is 13.2. The van der Waals surface area contributed by atoms with Gasteiger partial charge in [-0.3, -0.25) is 9.59 Å². The lowest BCUT2D eigenvalue weighted by molar-refractivity contribution is -0.158. The number of hydrogen-bond donors (Lipinski definition) is 0. The molecule has 0 saturated carbocycles. The molecule has 162 valence electrons. The molecular formula is C22H39NO5. The highest BCUT2D eigenvalue weighted by Crippen LogP contribution is 2.26. The molecule has 28 heavy (non-hydrogen) atoms. The molecule has 0 unspecified atom stereocenters. The van der Waals surface area contributed by atoms with Gasteiger partial charge in [-0.2, -0.15) is 0 Å². The Bertz CT molecular complexity index is 524. The number of carbonyl (C=O) groups is 3. The van der Waals surface area contributed by atoms with Crippen molar-refractivity contribution >= 4 is 18.0 Å². The van der Waals surface area contributed by atoms with Gasteiger partial charge >= 0.3 is 12.1 Å². The fourth-order valence-corrected chi connectivity index (χ4v) is 3.45. The molecule has 0 aliphatic carbocycles. The summed E-state index contributed by atoms with van der Waals surface area (Å²) in [6.45, 7) is 11.7. The zero-order valence-corrected chi connectivity index (χ0v) is 18.6. The van der Waals surface area contributed by atoms with Gasteiger partial charge in [-0.05, 0) is 33.1 Å². The first-order valence-electron chi connectivity index (χ1n) is 10.8. The number of amides is 2. The molecule has 1 heterocycles. The summed E-state index contributed by atoms with van der Waals surface area (Å²) in [4.78, 5) is 38.9. The zero-order valence-electron chi connectivity index (χ0n) is 18.6. The normalized spacial score (nSPS) is 18.3. The Labute approximate surface area is 170 Å². The van der Waals surface area contributed by atoms with E-state index in [1.54, 1.807) is 0 Å². The SMILES string of the molecule is CCCCCCCC[C@H](CC(=O)OC(C)(C)C)C(=O)N1C(=O)OC[C@@H]1C(C)C. The Balaban J connectivity index is 2.78. The molecule has 0 spiro atoms. The number of unbranched alkanes of at least 4 members (excludes halogenated alkanes) is 5. The molecule has 2 atom stereocenters. The number of rotatable bonds is 11. The second-order valence-corrected chi connectivity index (χ2v) is 9.14. The van der Waals surface area contributed by atoms with E-state index in [0.29, 0.717) is 6.42 Å². The molecule has 0 radical (unpaired) electrons. The summed E-state index contributed by atoms with van der Waals surface area (Å²) in [5.41, 5.74) is -0.599. The van der Waals surface area contributed by atoms with Gasteiger partial charge in [0.25, 0.3) is 0 Å². The third-order valence-electron chi connectivity index (χ3n) is 5.00. The average molecular weight is 398 g/mol. The number of hydrogen-bond acceptors (Lipinski definition) is 5. The van der Waals surface area contributed by atoms with Gasteiger partial charge in [0, 0.05) is 5.92 Å². The van der Waals surface area contributed by atoms with Gasteiger partial charge in [-0.25, -0.2) is 9.69 Å². The smallest absolute Gasteiger partial charge is 0.416 e. The Hall–Kier alpha value is -1.59. The van der Waals surface area contributed by atoms with E-state index in [1.807, 2.05) is 34.6 Å². The van der Waals surface area contributed by atoms with Crippen LogP contribution in [0.3, 0.4) is 0 Å². The molecule has 0 aromatic heterocycles. The molecule has 0 aromatic rings. The van der Waals surface area contributed by atoms with Gasteiger partial charge < -0.3 is 9.47 Å². The predicted molar refractivity (Wildman–Crippen MR) is 109 cm³/mol. The molecular weight excluding hydrogens is 358 g/mol. The van der Waals surface area contributed by atoms with Crippen LogP contribution >= 0.6 is 0 Å². The van der Waals surface area contributed by atoms with Crippen LogP contribution in [0.4, 0.5) is 4.79 Å². The summed E-state index contributed by atoms with van der Waals surface area (Å²) >= 11 is 0. The summed E-state index contributed by atoms with van der Waals surface area (Å²) in [6, 6.07) is -0.273. The summed E-state index contributed by atoms with van der Waals surface area (Å²) in [5.74, 6) is -1.15. The lowest BCUT2D eigenvalue weighted by Gasteiger charge is -2.27. The molecule has 1 aliphatic heterocycles. The second kappa shape index (κ2) is 11.4. The van der Waals surface area contributed by atoms with Crippen molar-refractivity contribution in [1.29, 1.82) is 0 Å². The van der Waals surface area contributed by atoms with Crippen LogP contribution in [-0.2, 0) is 19.1 Å². The third kappa shape index (κ3) is 8.19. The van der Waals surface area contributed by atoms with Gasteiger partial charge in [0.15, 0.2) is 0 Å². The Morgan fingerprint density at radius 1 is 1.14 bits per heavy atom. The van der Waals surface area contributed by atoms with Crippen LogP contribution in [0.25, 0.3) is 0 Å². The minimum Gasteiger partial charge on any atom is -0.460 e. The molecule has 6 nitrogen and oxygen atoms in total. The molecule has 2 amide bonds. The van der Waals surface area contributed by atoms with E-state index in [4.69, 9.17) is 9.47 Å². The van der Waals surface area contributed by atoms with E-state index in [2.05, 4.69) is 6.92 Å². The highest BCUT2D eigenvalue weighted by atomic mass is 16.6. The van der Waals surface area contributed by atoms with Crippen molar-refractivity contribution in [2.24, 2.45) is 11.8 Å². The van der Waals surface area contributed by atoms with E-state index >= 15 is 0 Å². The minimum absolute atomic E-state index is 0.000339. The van der Waals surface area contributed by atoms with Gasteiger partial charge in [-0.15, -0.1) is 0 Å². The number of esters is 1. The Kier molecular flexibility index (Phi) is 9.97. The molecule has 0 N–H and O–H groups in total. The van der Waals surface area contributed by atoms with E-state index in [9.17, 15) is 14.4 Å². The summed E-state index contributed by atoms with van der Waals surface area (Å²) < 4.78 is 10.5. The average Bonchev–Trinajstić information content (AvgIpc) is 2.96. The van der Waals surface area contributed by atoms with Crippen molar-refractivity contribution in [1.82, 2.24) is 4.90 Å². The van der Waals surface area contributed by atoms with Crippen molar-refractivity contribution in [3.05, 3.63) is 0 Å². The van der Waals surface area contributed by atoms with E-state index in [1.165, 1.54) is 24.2 Å².